The molecule has 2 aromatic carbocycles. The zero-order valence-corrected chi connectivity index (χ0v) is 20.1. The van der Waals surface area contributed by atoms with E-state index in [-0.39, 0.29) is 23.8 Å². The summed E-state index contributed by atoms with van der Waals surface area (Å²) in [6.45, 7) is 2.17. The fourth-order valence-corrected chi connectivity index (χ4v) is 6.30. The van der Waals surface area contributed by atoms with Crippen LogP contribution in [0.4, 0.5) is 5.69 Å². The Kier molecular flexibility index (Phi) is 5.75. The number of nitrogens with one attached hydrogen (secondary N) is 2. The second-order valence-corrected chi connectivity index (χ2v) is 10.3. The van der Waals surface area contributed by atoms with Crippen molar-refractivity contribution in [2.75, 3.05) is 23.9 Å². The first-order chi connectivity index (χ1) is 15.9. The van der Waals surface area contributed by atoms with Crippen molar-refractivity contribution in [2.45, 2.75) is 31.3 Å². The number of halogens is 1. The largest absolute Gasteiger partial charge is 0.324 e. The molecule has 33 heavy (non-hydrogen) atoms. The third-order valence-electron chi connectivity index (χ3n) is 7.28. The molecule has 172 valence electrons. The maximum atomic E-state index is 13.8. The number of carbonyl (C=O) groups excluding carboxylic acids is 3. The zero-order chi connectivity index (χ0) is 23.3. The Morgan fingerprint density at radius 2 is 1.85 bits per heavy atom. The van der Waals surface area contributed by atoms with Crippen molar-refractivity contribution < 1.29 is 14.4 Å². The summed E-state index contributed by atoms with van der Waals surface area (Å²) in [5.74, 6) is -1.23. The van der Waals surface area contributed by atoms with Gasteiger partial charge in [-0.3, -0.25) is 24.6 Å². The molecule has 3 amide bonds. The minimum Gasteiger partial charge on any atom is -0.324 e. The molecular weight excluding hydrogens is 458 g/mol. The van der Waals surface area contributed by atoms with Gasteiger partial charge in [0.2, 0.25) is 17.7 Å². The summed E-state index contributed by atoms with van der Waals surface area (Å²) in [7, 11) is 0. The molecule has 1 spiro atoms. The van der Waals surface area contributed by atoms with E-state index in [9.17, 15) is 14.4 Å². The highest BCUT2D eigenvalue weighted by Crippen LogP contribution is 2.54. The number of benzene rings is 2. The highest BCUT2D eigenvalue weighted by molar-refractivity contribution is 7.98. The molecule has 3 aliphatic rings. The van der Waals surface area contributed by atoms with Crippen LogP contribution in [0.2, 0.25) is 5.02 Å². The number of carbonyl (C=O) groups is 3. The van der Waals surface area contributed by atoms with Gasteiger partial charge in [0.15, 0.2) is 0 Å². The first-order valence-corrected chi connectivity index (χ1v) is 12.9. The van der Waals surface area contributed by atoms with Gasteiger partial charge in [0.05, 0.1) is 17.5 Å². The molecule has 4 atom stereocenters. The van der Waals surface area contributed by atoms with Gasteiger partial charge in [-0.15, -0.1) is 0 Å². The standard InChI is InChI=1S/C25H26ClN3O3S/c1-14-17(26)9-8-16-21(14)27-24(32)25(16)20-19(18(28-25)11-13-33-2)22(30)29(23(20)31)12-10-15-6-4-3-5-7-15/h3-9,18-20,28H,10-13H2,1-2H3,(H,27,32)/t18-,19-,20+,25+/m1/s1. The molecule has 0 bridgehead atoms. The Balaban J connectivity index is 1.54. The van der Waals surface area contributed by atoms with E-state index < -0.39 is 17.4 Å². The third kappa shape index (κ3) is 3.32. The molecule has 3 aliphatic heterocycles. The molecular formula is C25H26ClN3O3S. The lowest BCUT2D eigenvalue weighted by Gasteiger charge is -2.29. The van der Waals surface area contributed by atoms with Crippen LogP contribution < -0.4 is 10.6 Å². The Morgan fingerprint density at radius 1 is 1.09 bits per heavy atom. The lowest BCUT2D eigenvalue weighted by molar-refractivity contribution is -0.142. The molecule has 0 aromatic heterocycles. The van der Waals surface area contributed by atoms with Crippen molar-refractivity contribution in [1.82, 2.24) is 10.2 Å². The SMILES string of the molecule is CSCC[C@H]1N[C@]2(C(=O)Nc3c2ccc(Cl)c3C)[C@@H]2C(=O)N(CCc3ccccc3)C(=O)[C@@H]21. The van der Waals surface area contributed by atoms with Crippen molar-refractivity contribution in [1.29, 1.82) is 0 Å². The Morgan fingerprint density at radius 3 is 2.58 bits per heavy atom. The number of imide groups is 1. The summed E-state index contributed by atoms with van der Waals surface area (Å²) in [4.78, 5) is 42.2. The predicted octanol–water partition coefficient (Wildman–Crippen LogP) is 3.36. The number of nitrogens with zero attached hydrogens (tertiary/aromatic N) is 1. The molecule has 0 unspecified atom stereocenters. The monoisotopic (exact) mass is 483 g/mol. The van der Waals surface area contributed by atoms with Crippen molar-refractivity contribution in [2.24, 2.45) is 11.8 Å². The summed E-state index contributed by atoms with van der Waals surface area (Å²) in [5.41, 5.74) is 1.93. The van der Waals surface area contributed by atoms with Gasteiger partial charge in [0.1, 0.15) is 5.54 Å². The average molecular weight is 484 g/mol. The van der Waals surface area contributed by atoms with Crippen LogP contribution in [0.5, 0.6) is 0 Å². The van der Waals surface area contributed by atoms with E-state index in [1.165, 1.54) is 4.90 Å². The third-order valence-corrected chi connectivity index (χ3v) is 8.33. The molecule has 6 nitrogen and oxygen atoms in total. The summed E-state index contributed by atoms with van der Waals surface area (Å²) >= 11 is 8.00. The van der Waals surface area contributed by atoms with Crippen molar-refractivity contribution in [3.05, 3.63) is 64.2 Å². The Hall–Kier alpha value is -2.35. The molecule has 0 radical (unpaired) electrons. The van der Waals surface area contributed by atoms with Crippen molar-refractivity contribution in [3.63, 3.8) is 0 Å². The highest BCUT2D eigenvalue weighted by Gasteiger charge is 2.70. The molecule has 2 fully saturated rings. The second-order valence-electron chi connectivity index (χ2n) is 8.96. The van der Waals surface area contributed by atoms with E-state index in [1.54, 1.807) is 17.8 Å². The van der Waals surface area contributed by atoms with Crippen LogP contribution in [-0.2, 0) is 26.3 Å². The van der Waals surface area contributed by atoms with Gasteiger partial charge in [0.25, 0.3) is 0 Å². The van der Waals surface area contributed by atoms with Gasteiger partial charge in [-0.25, -0.2) is 0 Å². The fourth-order valence-electron chi connectivity index (χ4n) is 5.65. The average Bonchev–Trinajstić information content (AvgIpc) is 3.39. The molecule has 2 N–H and O–H groups in total. The number of hydrogen-bond donors (Lipinski definition) is 2. The predicted molar refractivity (Wildman–Crippen MR) is 130 cm³/mol. The summed E-state index contributed by atoms with van der Waals surface area (Å²) in [5, 5.41) is 6.99. The summed E-state index contributed by atoms with van der Waals surface area (Å²) < 4.78 is 0. The van der Waals surface area contributed by atoms with Gasteiger partial charge in [-0.05, 0) is 49.0 Å². The number of rotatable bonds is 6. The zero-order valence-electron chi connectivity index (χ0n) is 18.6. The number of hydrogen-bond acceptors (Lipinski definition) is 5. The molecule has 5 rings (SSSR count). The van der Waals surface area contributed by atoms with Crippen LogP contribution >= 0.6 is 23.4 Å². The van der Waals surface area contributed by atoms with E-state index in [0.717, 1.165) is 16.9 Å². The number of anilines is 1. The topological polar surface area (TPSA) is 78.5 Å². The maximum absolute atomic E-state index is 13.8. The minimum atomic E-state index is -1.26. The van der Waals surface area contributed by atoms with Crippen molar-refractivity contribution in [3.8, 4) is 0 Å². The molecule has 8 heteroatoms. The lowest BCUT2D eigenvalue weighted by atomic mass is 9.76. The maximum Gasteiger partial charge on any atom is 0.250 e. The quantitative estimate of drug-likeness (QED) is 0.616. The van der Waals surface area contributed by atoms with Gasteiger partial charge in [0, 0.05) is 23.2 Å². The van der Waals surface area contributed by atoms with E-state index in [2.05, 4.69) is 10.6 Å². The molecule has 2 aromatic rings. The van der Waals surface area contributed by atoms with E-state index in [0.29, 0.717) is 35.7 Å². The van der Waals surface area contributed by atoms with Gasteiger partial charge in [-0.2, -0.15) is 11.8 Å². The summed E-state index contributed by atoms with van der Waals surface area (Å²) in [6.07, 6.45) is 3.30. The number of amides is 3. The minimum absolute atomic E-state index is 0.177. The normalized spacial score (nSPS) is 27.9. The van der Waals surface area contributed by atoms with Crippen LogP contribution in [0.25, 0.3) is 0 Å². The summed E-state index contributed by atoms with van der Waals surface area (Å²) in [6, 6.07) is 13.1. The van der Waals surface area contributed by atoms with Crippen LogP contribution in [0.3, 0.4) is 0 Å². The van der Waals surface area contributed by atoms with E-state index in [4.69, 9.17) is 11.6 Å². The molecule has 2 saturated heterocycles. The van der Waals surface area contributed by atoms with Gasteiger partial charge < -0.3 is 5.32 Å². The smallest absolute Gasteiger partial charge is 0.250 e. The van der Waals surface area contributed by atoms with E-state index >= 15 is 0 Å². The first-order valence-electron chi connectivity index (χ1n) is 11.2. The van der Waals surface area contributed by atoms with E-state index in [1.807, 2.05) is 49.6 Å². The lowest BCUT2D eigenvalue weighted by Crippen LogP contribution is -2.53. The van der Waals surface area contributed by atoms with Crippen LogP contribution in [0, 0.1) is 18.8 Å². The van der Waals surface area contributed by atoms with Crippen LogP contribution in [0.15, 0.2) is 42.5 Å². The highest BCUT2D eigenvalue weighted by atomic mass is 35.5. The first kappa shape index (κ1) is 22.4. The number of likely N-dealkylation sites (tertiary alicyclic amines) is 1. The van der Waals surface area contributed by atoms with Crippen LogP contribution in [0.1, 0.15) is 23.1 Å². The Labute approximate surface area is 202 Å². The fraction of sp³-hybridized carbons (Fsp3) is 0.400. The Bertz CT molecular complexity index is 1140. The van der Waals surface area contributed by atoms with Gasteiger partial charge in [-0.1, -0.05) is 48.0 Å². The molecule has 0 aliphatic carbocycles. The second kappa shape index (κ2) is 8.46. The van der Waals surface area contributed by atoms with Crippen molar-refractivity contribution >= 4 is 46.8 Å². The number of thioether (sulfide) groups is 1. The number of fused-ring (bicyclic) bond motifs is 4. The van der Waals surface area contributed by atoms with Gasteiger partial charge >= 0.3 is 0 Å². The van der Waals surface area contributed by atoms with Crippen LogP contribution in [-0.4, -0.2) is 47.2 Å². The molecule has 3 heterocycles. The molecule has 0 saturated carbocycles.